The van der Waals surface area contributed by atoms with Gasteiger partial charge in [-0.05, 0) is 46.5 Å². The maximum Gasteiger partial charge on any atom is 0.0639 e. The van der Waals surface area contributed by atoms with E-state index in [4.69, 9.17) is 10.2 Å². The zero-order valence-electron chi connectivity index (χ0n) is 11.4. The molecule has 0 radical (unpaired) electrons. The zero-order chi connectivity index (χ0) is 13.1. The first-order valence-corrected chi connectivity index (χ1v) is 6.28. The third kappa shape index (κ3) is 10.0. The minimum atomic E-state index is 0.139. The van der Waals surface area contributed by atoms with Crippen LogP contribution in [0.4, 0.5) is 0 Å². The Morgan fingerprint density at radius 1 is 0.765 bits per heavy atom. The Kier molecular flexibility index (Phi) is 9.78. The van der Waals surface area contributed by atoms with Crippen molar-refractivity contribution in [3.8, 4) is 0 Å². The molecule has 0 aromatic heterocycles. The molecule has 0 rings (SSSR count). The van der Waals surface area contributed by atoms with Crippen molar-refractivity contribution in [2.75, 3.05) is 13.2 Å². The Labute approximate surface area is 105 Å². The highest BCUT2D eigenvalue weighted by Gasteiger charge is 1.92. The smallest absolute Gasteiger partial charge is 0.0639 e. The van der Waals surface area contributed by atoms with Crippen LogP contribution in [0.1, 0.15) is 46.5 Å². The van der Waals surface area contributed by atoms with Crippen LogP contribution in [0.25, 0.3) is 0 Å². The SMILES string of the molecule is CC(=CCCC(C)=CCCC(C)=CCO)CO. The largest absolute Gasteiger partial charge is 0.392 e. The lowest BCUT2D eigenvalue weighted by atomic mass is 10.1. The number of allylic oxidation sites excluding steroid dienone is 4. The summed E-state index contributed by atoms with van der Waals surface area (Å²) < 4.78 is 0. The minimum absolute atomic E-state index is 0.139. The van der Waals surface area contributed by atoms with Crippen LogP contribution >= 0.6 is 0 Å². The molecule has 0 bridgehead atoms. The van der Waals surface area contributed by atoms with E-state index in [0.29, 0.717) is 0 Å². The van der Waals surface area contributed by atoms with Gasteiger partial charge in [0.15, 0.2) is 0 Å². The van der Waals surface area contributed by atoms with Crippen LogP contribution in [0.3, 0.4) is 0 Å². The van der Waals surface area contributed by atoms with Crippen LogP contribution in [-0.2, 0) is 0 Å². The fourth-order valence-electron chi connectivity index (χ4n) is 1.52. The quantitative estimate of drug-likeness (QED) is 0.636. The standard InChI is InChI=1S/C15H26O2/c1-13(7-5-9-15(3)12-17)6-4-8-14(2)10-11-16/h6,9-10,16-17H,4-5,7-8,11-12H2,1-3H3. The van der Waals surface area contributed by atoms with Gasteiger partial charge in [-0.1, -0.05) is 34.9 Å². The average molecular weight is 238 g/mol. The van der Waals surface area contributed by atoms with Crippen molar-refractivity contribution >= 4 is 0 Å². The number of aliphatic hydroxyl groups is 2. The summed E-state index contributed by atoms with van der Waals surface area (Å²) in [7, 11) is 0. The van der Waals surface area contributed by atoms with Crippen molar-refractivity contribution in [1.82, 2.24) is 0 Å². The number of aliphatic hydroxyl groups excluding tert-OH is 2. The average Bonchev–Trinajstić information content (AvgIpc) is 2.29. The summed E-state index contributed by atoms with van der Waals surface area (Å²) in [6.07, 6.45) is 10.3. The molecule has 17 heavy (non-hydrogen) atoms. The Balaban J connectivity index is 3.83. The van der Waals surface area contributed by atoms with Crippen LogP contribution in [-0.4, -0.2) is 23.4 Å². The van der Waals surface area contributed by atoms with Gasteiger partial charge in [-0.3, -0.25) is 0 Å². The summed E-state index contributed by atoms with van der Waals surface area (Å²) in [6, 6.07) is 0. The fourth-order valence-corrected chi connectivity index (χ4v) is 1.52. The van der Waals surface area contributed by atoms with Crippen LogP contribution in [0.15, 0.2) is 34.9 Å². The van der Waals surface area contributed by atoms with E-state index in [0.717, 1.165) is 31.3 Å². The maximum atomic E-state index is 8.84. The lowest BCUT2D eigenvalue weighted by molar-refractivity contribution is 0.331. The van der Waals surface area contributed by atoms with Gasteiger partial charge >= 0.3 is 0 Å². The van der Waals surface area contributed by atoms with Gasteiger partial charge in [0.1, 0.15) is 0 Å². The zero-order valence-corrected chi connectivity index (χ0v) is 11.4. The summed E-state index contributed by atoms with van der Waals surface area (Å²) >= 11 is 0. The molecule has 98 valence electrons. The second kappa shape index (κ2) is 10.3. The predicted molar refractivity (Wildman–Crippen MR) is 73.9 cm³/mol. The highest BCUT2D eigenvalue weighted by molar-refractivity contribution is 5.05. The second-order valence-corrected chi connectivity index (χ2v) is 4.57. The first-order valence-electron chi connectivity index (χ1n) is 6.28. The molecule has 0 aliphatic heterocycles. The molecule has 0 aromatic rings. The van der Waals surface area contributed by atoms with E-state index in [9.17, 15) is 0 Å². The Bertz CT molecular complexity index is 285. The van der Waals surface area contributed by atoms with E-state index in [1.54, 1.807) is 0 Å². The van der Waals surface area contributed by atoms with Gasteiger partial charge in [0, 0.05) is 0 Å². The summed E-state index contributed by atoms with van der Waals surface area (Å²) in [4.78, 5) is 0. The highest BCUT2D eigenvalue weighted by atomic mass is 16.3. The molecule has 0 fully saturated rings. The summed E-state index contributed by atoms with van der Waals surface area (Å²) in [5.74, 6) is 0. The van der Waals surface area contributed by atoms with Gasteiger partial charge in [0.2, 0.25) is 0 Å². The summed E-state index contributed by atoms with van der Waals surface area (Å²) in [6.45, 7) is 6.44. The minimum Gasteiger partial charge on any atom is -0.392 e. The van der Waals surface area contributed by atoms with E-state index in [-0.39, 0.29) is 13.2 Å². The van der Waals surface area contributed by atoms with Gasteiger partial charge in [-0.2, -0.15) is 0 Å². The molecule has 0 spiro atoms. The topological polar surface area (TPSA) is 40.5 Å². The summed E-state index contributed by atoms with van der Waals surface area (Å²) in [5, 5.41) is 17.6. The number of rotatable bonds is 8. The lowest BCUT2D eigenvalue weighted by Gasteiger charge is -2.01. The van der Waals surface area contributed by atoms with Gasteiger partial charge in [0.05, 0.1) is 13.2 Å². The Hall–Kier alpha value is -0.860. The monoisotopic (exact) mass is 238 g/mol. The molecule has 0 saturated heterocycles. The molecule has 0 heterocycles. The molecule has 2 N–H and O–H groups in total. The number of hydrogen-bond donors (Lipinski definition) is 2. The first kappa shape index (κ1) is 16.1. The van der Waals surface area contributed by atoms with Crippen molar-refractivity contribution in [2.45, 2.75) is 46.5 Å². The second-order valence-electron chi connectivity index (χ2n) is 4.57. The molecule has 0 saturated carbocycles. The third-order valence-electron chi connectivity index (χ3n) is 2.75. The van der Waals surface area contributed by atoms with Gasteiger partial charge < -0.3 is 10.2 Å². The van der Waals surface area contributed by atoms with Crippen LogP contribution in [0, 0.1) is 0 Å². The molecule has 0 aromatic carbocycles. The Morgan fingerprint density at radius 2 is 1.24 bits per heavy atom. The van der Waals surface area contributed by atoms with Crippen LogP contribution in [0.5, 0.6) is 0 Å². The lowest BCUT2D eigenvalue weighted by Crippen LogP contribution is -1.85. The maximum absolute atomic E-state index is 8.84. The molecular formula is C15H26O2. The molecule has 0 aliphatic carbocycles. The molecule has 2 heteroatoms. The Morgan fingerprint density at radius 3 is 1.71 bits per heavy atom. The fraction of sp³-hybridized carbons (Fsp3) is 0.600. The van der Waals surface area contributed by atoms with E-state index in [1.807, 2.05) is 19.9 Å². The molecule has 2 nitrogen and oxygen atoms in total. The normalized spacial score (nSPS) is 14.3. The number of hydrogen-bond acceptors (Lipinski definition) is 2. The van der Waals surface area contributed by atoms with Gasteiger partial charge in [-0.15, -0.1) is 0 Å². The van der Waals surface area contributed by atoms with Crippen molar-refractivity contribution < 1.29 is 10.2 Å². The van der Waals surface area contributed by atoms with Crippen LogP contribution in [0.2, 0.25) is 0 Å². The first-order chi connectivity index (χ1) is 8.10. The van der Waals surface area contributed by atoms with Crippen molar-refractivity contribution in [1.29, 1.82) is 0 Å². The van der Waals surface area contributed by atoms with Crippen molar-refractivity contribution in [3.63, 3.8) is 0 Å². The predicted octanol–water partition coefficient (Wildman–Crippen LogP) is 3.37. The van der Waals surface area contributed by atoms with Crippen molar-refractivity contribution in [3.05, 3.63) is 34.9 Å². The molecule has 0 amide bonds. The third-order valence-corrected chi connectivity index (χ3v) is 2.75. The van der Waals surface area contributed by atoms with E-state index in [2.05, 4.69) is 19.1 Å². The van der Waals surface area contributed by atoms with Gasteiger partial charge in [-0.25, -0.2) is 0 Å². The molecular weight excluding hydrogens is 212 g/mol. The van der Waals surface area contributed by atoms with Crippen molar-refractivity contribution in [2.24, 2.45) is 0 Å². The molecule has 0 atom stereocenters. The van der Waals surface area contributed by atoms with E-state index < -0.39 is 0 Å². The summed E-state index contributed by atoms with van der Waals surface area (Å²) in [5.41, 5.74) is 3.68. The molecule has 0 aliphatic rings. The van der Waals surface area contributed by atoms with Crippen LogP contribution < -0.4 is 0 Å². The van der Waals surface area contributed by atoms with E-state index in [1.165, 1.54) is 11.1 Å². The highest BCUT2D eigenvalue weighted by Crippen LogP contribution is 2.11. The van der Waals surface area contributed by atoms with Gasteiger partial charge in [0.25, 0.3) is 0 Å². The van der Waals surface area contributed by atoms with E-state index >= 15 is 0 Å². The molecule has 0 unspecified atom stereocenters.